The van der Waals surface area contributed by atoms with Gasteiger partial charge in [0.2, 0.25) is 11.6 Å². The summed E-state index contributed by atoms with van der Waals surface area (Å²) in [7, 11) is 0. The van der Waals surface area contributed by atoms with Crippen LogP contribution in [0, 0.1) is 27.2 Å². The van der Waals surface area contributed by atoms with Crippen LogP contribution in [-0.2, 0) is 4.79 Å². The number of nitrogens with zero attached hydrogens (tertiary/aromatic N) is 3. The molecule has 0 aliphatic carbocycles. The Morgan fingerprint density at radius 2 is 1.79 bits per heavy atom. The van der Waals surface area contributed by atoms with Crippen LogP contribution < -0.4 is 4.90 Å². The van der Waals surface area contributed by atoms with Gasteiger partial charge < -0.3 is 4.90 Å². The zero-order chi connectivity index (χ0) is 18.6. The van der Waals surface area contributed by atoms with E-state index in [1.165, 1.54) is 11.0 Å². The van der Waals surface area contributed by atoms with E-state index in [9.17, 15) is 25.0 Å². The molecule has 8 heteroatoms. The second-order valence-corrected chi connectivity index (χ2v) is 5.87. The minimum Gasteiger partial charge on any atom is -0.301 e. The van der Waals surface area contributed by atoms with Gasteiger partial charge in [0.1, 0.15) is 0 Å². The lowest BCUT2D eigenvalue weighted by Gasteiger charge is -2.23. The summed E-state index contributed by atoms with van der Waals surface area (Å²) in [4.78, 5) is 35.4. The highest BCUT2D eigenvalue weighted by Gasteiger charge is 2.36. The Morgan fingerprint density at radius 3 is 2.17 bits per heavy atom. The smallest absolute Gasteiger partial charge is 0.301 e. The van der Waals surface area contributed by atoms with Gasteiger partial charge in [0.05, 0.1) is 9.85 Å². The molecule has 0 N–H and O–H groups in total. The standard InChI is InChI=1S/C16H23N3O5/c1-6-8-17(14(20)7-2)16-13(18(21)22)9-12(10(3)4)11(5)15(16)19(23)24/h9-10H,6-8H2,1-5H3. The lowest BCUT2D eigenvalue weighted by molar-refractivity contribution is -0.393. The predicted octanol–water partition coefficient (Wildman–Crippen LogP) is 4.09. The monoisotopic (exact) mass is 337 g/mol. The zero-order valence-electron chi connectivity index (χ0n) is 14.7. The van der Waals surface area contributed by atoms with E-state index in [1.807, 2.05) is 20.8 Å². The normalized spacial score (nSPS) is 10.8. The summed E-state index contributed by atoms with van der Waals surface area (Å²) in [6.07, 6.45) is 0.643. The number of nitro groups is 2. The largest absolute Gasteiger partial charge is 0.303 e. The Labute approximate surface area is 140 Å². The van der Waals surface area contributed by atoms with Crippen LogP contribution in [-0.4, -0.2) is 22.3 Å². The molecule has 1 aromatic carbocycles. The third-order valence-electron chi connectivity index (χ3n) is 3.87. The van der Waals surface area contributed by atoms with Gasteiger partial charge in [0.25, 0.3) is 5.69 Å². The van der Waals surface area contributed by atoms with Crippen molar-refractivity contribution in [2.45, 2.75) is 53.4 Å². The molecule has 1 amide bonds. The number of hydrogen-bond donors (Lipinski definition) is 0. The molecule has 0 heterocycles. The van der Waals surface area contributed by atoms with Crippen molar-refractivity contribution in [3.05, 3.63) is 37.4 Å². The molecule has 0 aliphatic rings. The van der Waals surface area contributed by atoms with Gasteiger partial charge in [0, 0.05) is 24.6 Å². The van der Waals surface area contributed by atoms with Gasteiger partial charge in [-0.1, -0.05) is 27.7 Å². The first-order chi connectivity index (χ1) is 11.2. The second-order valence-electron chi connectivity index (χ2n) is 5.87. The number of carbonyl (C=O) groups is 1. The molecule has 0 bridgehead atoms. The van der Waals surface area contributed by atoms with Crippen molar-refractivity contribution < 1.29 is 14.6 Å². The topological polar surface area (TPSA) is 107 Å². The van der Waals surface area contributed by atoms with Crippen LogP contribution >= 0.6 is 0 Å². The molecule has 0 unspecified atom stereocenters. The summed E-state index contributed by atoms with van der Waals surface area (Å²) in [5, 5.41) is 23.2. The first-order valence-corrected chi connectivity index (χ1v) is 7.93. The number of carbonyl (C=O) groups excluding carboxylic acids is 1. The number of hydrogen-bond acceptors (Lipinski definition) is 5. The highest BCUT2D eigenvalue weighted by Crippen LogP contribution is 2.43. The average molecular weight is 337 g/mol. The Kier molecular flexibility index (Phi) is 6.39. The van der Waals surface area contributed by atoms with Gasteiger partial charge in [-0.25, -0.2) is 0 Å². The molecule has 0 spiro atoms. The summed E-state index contributed by atoms with van der Waals surface area (Å²) in [6.45, 7) is 8.82. The minimum absolute atomic E-state index is 0.110. The van der Waals surface area contributed by atoms with Gasteiger partial charge in [0.15, 0.2) is 0 Å². The Morgan fingerprint density at radius 1 is 1.21 bits per heavy atom. The predicted molar refractivity (Wildman–Crippen MR) is 91.5 cm³/mol. The molecule has 0 aliphatic heterocycles. The fourth-order valence-electron chi connectivity index (χ4n) is 2.76. The van der Waals surface area contributed by atoms with Crippen molar-refractivity contribution in [2.75, 3.05) is 11.4 Å². The summed E-state index contributed by atoms with van der Waals surface area (Å²) >= 11 is 0. The van der Waals surface area contributed by atoms with E-state index in [4.69, 9.17) is 0 Å². The molecular weight excluding hydrogens is 314 g/mol. The van der Waals surface area contributed by atoms with E-state index in [2.05, 4.69) is 0 Å². The van der Waals surface area contributed by atoms with E-state index in [0.29, 0.717) is 17.5 Å². The molecule has 0 radical (unpaired) electrons. The molecule has 132 valence electrons. The molecule has 0 saturated heterocycles. The quantitative estimate of drug-likeness (QED) is 0.550. The maximum absolute atomic E-state index is 12.3. The van der Waals surface area contributed by atoms with Crippen molar-refractivity contribution in [1.29, 1.82) is 0 Å². The number of anilines is 1. The number of benzene rings is 1. The third kappa shape index (κ3) is 3.69. The van der Waals surface area contributed by atoms with Gasteiger partial charge in [-0.15, -0.1) is 0 Å². The van der Waals surface area contributed by atoms with Crippen molar-refractivity contribution in [1.82, 2.24) is 0 Å². The highest BCUT2D eigenvalue weighted by molar-refractivity contribution is 5.99. The summed E-state index contributed by atoms with van der Waals surface area (Å²) in [5.41, 5.74) is -0.0619. The van der Waals surface area contributed by atoms with E-state index in [0.717, 1.165) is 0 Å². The van der Waals surface area contributed by atoms with Gasteiger partial charge in [-0.3, -0.25) is 25.0 Å². The Hall–Kier alpha value is -2.51. The fraction of sp³-hybridized carbons (Fsp3) is 0.562. The SMILES string of the molecule is CCCN(C(=O)CC)c1c([N+](=O)[O-])cc(C(C)C)c(C)c1[N+](=O)[O-]. The van der Waals surface area contributed by atoms with E-state index in [-0.39, 0.29) is 36.2 Å². The van der Waals surface area contributed by atoms with Gasteiger partial charge >= 0.3 is 5.69 Å². The lowest BCUT2D eigenvalue weighted by Crippen LogP contribution is -2.32. The van der Waals surface area contributed by atoms with Crippen LogP contribution in [0.25, 0.3) is 0 Å². The summed E-state index contributed by atoms with van der Waals surface area (Å²) in [6, 6.07) is 1.36. The molecular formula is C16H23N3O5. The maximum atomic E-state index is 12.3. The fourth-order valence-corrected chi connectivity index (χ4v) is 2.76. The average Bonchev–Trinajstić information content (AvgIpc) is 2.50. The third-order valence-corrected chi connectivity index (χ3v) is 3.87. The van der Waals surface area contributed by atoms with Crippen molar-refractivity contribution in [3.8, 4) is 0 Å². The Balaban J connectivity index is 3.90. The molecule has 0 aromatic heterocycles. The Bertz CT molecular complexity index is 670. The van der Waals surface area contributed by atoms with Crippen LogP contribution in [0.3, 0.4) is 0 Å². The number of nitro benzene ring substituents is 2. The molecule has 1 rings (SSSR count). The summed E-state index contributed by atoms with van der Waals surface area (Å²) < 4.78 is 0. The van der Waals surface area contributed by atoms with Gasteiger partial charge in [-0.2, -0.15) is 0 Å². The van der Waals surface area contributed by atoms with Crippen molar-refractivity contribution >= 4 is 23.0 Å². The first kappa shape index (κ1) is 19.5. The van der Waals surface area contributed by atoms with Crippen molar-refractivity contribution in [2.24, 2.45) is 0 Å². The van der Waals surface area contributed by atoms with Crippen LogP contribution in [0.2, 0.25) is 0 Å². The minimum atomic E-state index is -0.654. The van der Waals surface area contributed by atoms with Gasteiger partial charge in [-0.05, 0) is 24.8 Å². The molecule has 1 aromatic rings. The number of amides is 1. The molecule has 0 fully saturated rings. The molecule has 0 saturated carbocycles. The highest BCUT2D eigenvalue weighted by atomic mass is 16.6. The van der Waals surface area contributed by atoms with Crippen LogP contribution in [0.15, 0.2) is 6.07 Å². The van der Waals surface area contributed by atoms with E-state index in [1.54, 1.807) is 13.8 Å². The number of rotatable bonds is 7. The van der Waals surface area contributed by atoms with E-state index >= 15 is 0 Å². The molecule has 0 atom stereocenters. The summed E-state index contributed by atoms with van der Waals surface area (Å²) in [5.74, 6) is -0.488. The maximum Gasteiger partial charge on any atom is 0.303 e. The molecule has 24 heavy (non-hydrogen) atoms. The second kappa shape index (κ2) is 7.85. The first-order valence-electron chi connectivity index (χ1n) is 7.93. The van der Waals surface area contributed by atoms with Crippen LogP contribution in [0.5, 0.6) is 0 Å². The van der Waals surface area contributed by atoms with E-state index < -0.39 is 15.5 Å². The zero-order valence-corrected chi connectivity index (χ0v) is 14.7. The van der Waals surface area contributed by atoms with Crippen molar-refractivity contribution in [3.63, 3.8) is 0 Å². The van der Waals surface area contributed by atoms with Crippen LogP contribution in [0.1, 0.15) is 57.6 Å². The van der Waals surface area contributed by atoms with Crippen LogP contribution in [0.4, 0.5) is 17.1 Å². The lowest BCUT2D eigenvalue weighted by atomic mass is 9.94. The molecule has 8 nitrogen and oxygen atoms in total.